The predicted octanol–water partition coefficient (Wildman–Crippen LogP) is 5.27. The van der Waals surface area contributed by atoms with E-state index in [0.717, 1.165) is 48.1 Å². The first-order valence-electron chi connectivity index (χ1n) is 12.2. The molecule has 1 aromatic carbocycles. The van der Waals surface area contributed by atoms with Crippen LogP contribution in [0, 0.1) is 0 Å². The van der Waals surface area contributed by atoms with Gasteiger partial charge in [-0.15, -0.1) is 0 Å². The molecule has 0 bridgehead atoms. The Balaban J connectivity index is 2.35. The molecular formula is C26H46N2O2+2. The number of hydrogen-bond donors (Lipinski definition) is 1. The van der Waals surface area contributed by atoms with E-state index in [4.69, 9.17) is 0 Å². The summed E-state index contributed by atoms with van der Waals surface area (Å²) in [5.41, 5.74) is 2.46. The highest BCUT2D eigenvalue weighted by atomic mass is 16.3. The second-order valence-electron chi connectivity index (χ2n) is 10.6. The van der Waals surface area contributed by atoms with Crippen molar-refractivity contribution in [1.82, 2.24) is 0 Å². The molecule has 1 fully saturated rings. The van der Waals surface area contributed by atoms with Crippen LogP contribution < -0.4 is 0 Å². The predicted molar refractivity (Wildman–Crippen MR) is 126 cm³/mol. The maximum absolute atomic E-state index is 11.7. The Labute approximate surface area is 185 Å². The van der Waals surface area contributed by atoms with Gasteiger partial charge >= 0.3 is 0 Å². The van der Waals surface area contributed by atoms with Crippen LogP contribution in [0.3, 0.4) is 0 Å². The van der Waals surface area contributed by atoms with Crippen molar-refractivity contribution in [2.45, 2.75) is 79.2 Å². The van der Waals surface area contributed by atoms with Gasteiger partial charge in [-0.2, -0.15) is 0 Å². The number of nitrogens with zero attached hydrogens (tertiary/aromatic N) is 2. The first-order valence-corrected chi connectivity index (χ1v) is 12.2. The highest BCUT2D eigenvalue weighted by Crippen LogP contribution is 2.34. The summed E-state index contributed by atoms with van der Waals surface area (Å²) >= 11 is 0. The molecule has 170 valence electrons. The highest BCUT2D eigenvalue weighted by Gasteiger charge is 2.41. The van der Waals surface area contributed by atoms with E-state index < -0.39 is 0 Å². The Bertz CT molecular complexity index is 698. The van der Waals surface area contributed by atoms with Gasteiger partial charge in [-0.3, -0.25) is 4.79 Å². The molecule has 0 amide bonds. The molecule has 1 aliphatic rings. The minimum atomic E-state index is -0.0508. The monoisotopic (exact) mass is 418 g/mol. The lowest BCUT2D eigenvalue weighted by molar-refractivity contribution is -1.04. The molecule has 1 aliphatic heterocycles. The normalized spacial score (nSPS) is 24.7. The average Bonchev–Trinajstić information content (AvgIpc) is 2.73. The molecule has 0 aliphatic carbocycles. The van der Waals surface area contributed by atoms with Crippen molar-refractivity contribution < 1.29 is 18.9 Å². The van der Waals surface area contributed by atoms with E-state index in [2.05, 4.69) is 47.6 Å². The van der Waals surface area contributed by atoms with Gasteiger partial charge in [0.25, 0.3) is 0 Å². The number of quaternary nitrogens is 2. The van der Waals surface area contributed by atoms with E-state index in [-0.39, 0.29) is 11.2 Å². The molecule has 0 aromatic heterocycles. The summed E-state index contributed by atoms with van der Waals surface area (Å²) in [6, 6.07) is 4.02. The van der Waals surface area contributed by atoms with Crippen LogP contribution >= 0.6 is 0 Å². The molecule has 4 nitrogen and oxygen atoms in total. The van der Waals surface area contributed by atoms with Crippen LogP contribution in [0.4, 0.5) is 0 Å². The van der Waals surface area contributed by atoms with Crippen molar-refractivity contribution >= 4 is 6.29 Å². The van der Waals surface area contributed by atoms with Gasteiger partial charge in [-0.05, 0) is 42.9 Å². The van der Waals surface area contributed by atoms with Crippen LogP contribution in [0.1, 0.15) is 88.7 Å². The summed E-state index contributed by atoms with van der Waals surface area (Å²) < 4.78 is 2.28. The Kier molecular flexibility index (Phi) is 8.52. The number of carbonyl (C=O) groups excluding carboxylic acids is 1. The minimum absolute atomic E-state index is 0.0508. The number of phenolic OH excluding ortho intramolecular Hbond substituents is 1. The zero-order valence-electron chi connectivity index (χ0n) is 20.5. The Hall–Kier alpha value is -1.39. The van der Waals surface area contributed by atoms with E-state index in [1.807, 2.05) is 6.07 Å². The summed E-state index contributed by atoms with van der Waals surface area (Å²) in [6.07, 6.45) is 5.78. The van der Waals surface area contributed by atoms with Crippen LogP contribution in [-0.4, -0.2) is 66.2 Å². The molecular weight excluding hydrogens is 372 g/mol. The van der Waals surface area contributed by atoms with Gasteiger partial charge in [0.05, 0.1) is 25.2 Å². The molecule has 1 saturated heterocycles. The molecule has 2 rings (SSSR count). The summed E-state index contributed by atoms with van der Waals surface area (Å²) in [5, 5.41) is 10.9. The fourth-order valence-corrected chi connectivity index (χ4v) is 4.94. The first-order chi connectivity index (χ1) is 14.1. The second-order valence-corrected chi connectivity index (χ2v) is 10.6. The Morgan fingerprint density at radius 3 is 1.93 bits per heavy atom. The maximum atomic E-state index is 11.7. The molecule has 0 unspecified atom stereocenters. The molecule has 4 heteroatoms. The SMILES string of the molecule is CCCC[N+]1(CC)CC[N+](CCCC)(Cc2cc(C(C)(C)C)cc(C=O)c2O)CC1. The largest absolute Gasteiger partial charge is 0.507 e. The lowest BCUT2D eigenvalue weighted by atomic mass is 9.84. The van der Waals surface area contributed by atoms with Crippen LogP contribution in [0.25, 0.3) is 0 Å². The van der Waals surface area contributed by atoms with E-state index in [1.54, 1.807) is 0 Å². The van der Waals surface area contributed by atoms with Crippen molar-refractivity contribution in [2.75, 3.05) is 45.8 Å². The molecule has 0 spiro atoms. The number of aromatic hydroxyl groups is 1. The van der Waals surface area contributed by atoms with E-state index in [1.165, 1.54) is 56.3 Å². The van der Waals surface area contributed by atoms with Gasteiger partial charge in [0, 0.05) is 5.56 Å². The minimum Gasteiger partial charge on any atom is -0.507 e. The van der Waals surface area contributed by atoms with E-state index >= 15 is 0 Å². The van der Waals surface area contributed by atoms with E-state index in [0.29, 0.717) is 5.56 Å². The summed E-state index contributed by atoms with van der Waals surface area (Å²) in [6.45, 7) is 22.6. The fraction of sp³-hybridized carbons (Fsp3) is 0.731. The molecule has 30 heavy (non-hydrogen) atoms. The Morgan fingerprint density at radius 2 is 1.47 bits per heavy atom. The lowest BCUT2D eigenvalue weighted by Crippen LogP contribution is -2.66. The third-order valence-electron chi connectivity index (χ3n) is 7.46. The smallest absolute Gasteiger partial charge is 0.153 e. The van der Waals surface area contributed by atoms with Crippen molar-refractivity contribution in [1.29, 1.82) is 0 Å². The topological polar surface area (TPSA) is 37.3 Å². The first kappa shape index (κ1) is 24.9. The molecule has 1 heterocycles. The van der Waals surface area contributed by atoms with Gasteiger partial charge in [0.2, 0.25) is 0 Å². The van der Waals surface area contributed by atoms with Crippen molar-refractivity contribution in [3.8, 4) is 5.75 Å². The highest BCUT2D eigenvalue weighted by molar-refractivity contribution is 5.80. The van der Waals surface area contributed by atoms with Gasteiger partial charge in [0.15, 0.2) is 6.29 Å². The zero-order chi connectivity index (χ0) is 22.4. The van der Waals surface area contributed by atoms with E-state index in [9.17, 15) is 9.90 Å². The number of phenols is 1. The Morgan fingerprint density at radius 1 is 0.933 bits per heavy atom. The third kappa shape index (κ3) is 5.85. The molecule has 0 atom stereocenters. The molecule has 0 saturated carbocycles. The summed E-state index contributed by atoms with van der Waals surface area (Å²) in [7, 11) is 0. The number of aldehydes is 1. The number of carbonyl (C=O) groups is 1. The van der Waals surface area contributed by atoms with Crippen molar-refractivity contribution in [2.24, 2.45) is 0 Å². The summed E-state index contributed by atoms with van der Waals surface area (Å²) in [5.74, 6) is 0.194. The number of unbranched alkanes of at least 4 members (excludes halogenated alkanes) is 2. The van der Waals surface area contributed by atoms with Crippen molar-refractivity contribution in [3.63, 3.8) is 0 Å². The second kappa shape index (κ2) is 10.3. The van der Waals surface area contributed by atoms with Gasteiger partial charge in [0.1, 0.15) is 38.5 Å². The number of rotatable bonds is 10. The molecule has 0 radical (unpaired) electrons. The van der Waals surface area contributed by atoms with Crippen LogP contribution in [0.15, 0.2) is 12.1 Å². The number of likely N-dealkylation sites (N-methyl/N-ethyl adjacent to an activating group) is 1. The number of hydrogen-bond acceptors (Lipinski definition) is 2. The zero-order valence-corrected chi connectivity index (χ0v) is 20.5. The van der Waals surface area contributed by atoms with Gasteiger partial charge < -0.3 is 14.1 Å². The molecule has 1 aromatic rings. The van der Waals surface area contributed by atoms with Gasteiger partial charge in [-0.1, -0.05) is 47.5 Å². The van der Waals surface area contributed by atoms with Crippen LogP contribution in [0.2, 0.25) is 0 Å². The lowest BCUT2D eigenvalue weighted by Gasteiger charge is -2.50. The summed E-state index contributed by atoms with van der Waals surface area (Å²) in [4.78, 5) is 11.7. The third-order valence-corrected chi connectivity index (χ3v) is 7.46. The maximum Gasteiger partial charge on any atom is 0.153 e. The van der Waals surface area contributed by atoms with Crippen LogP contribution in [0.5, 0.6) is 5.75 Å². The quantitative estimate of drug-likeness (QED) is 0.415. The van der Waals surface area contributed by atoms with Crippen molar-refractivity contribution in [3.05, 3.63) is 28.8 Å². The fourth-order valence-electron chi connectivity index (χ4n) is 4.94. The number of benzene rings is 1. The average molecular weight is 419 g/mol. The molecule has 1 N–H and O–H groups in total. The standard InChI is InChI=1S/C26H45N2O2/c1-7-10-12-27(9-3)14-16-28(17-15-27,13-11-8-2)20-22-18-24(26(4,5)6)19-23(21-29)25(22)30/h18-19,21H,7-17,20H2,1-6H3/q+1/p+1. The van der Waals surface area contributed by atoms with Gasteiger partial charge in [-0.25, -0.2) is 0 Å². The van der Waals surface area contributed by atoms with Crippen LogP contribution in [-0.2, 0) is 12.0 Å². The number of piperazine rings is 1.